The molecule has 20 heavy (non-hydrogen) atoms. The number of benzene rings is 2. The van der Waals surface area contributed by atoms with Crippen LogP contribution in [0.2, 0.25) is 0 Å². The van der Waals surface area contributed by atoms with Gasteiger partial charge in [-0.2, -0.15) is 0 Å². The van der Waals surface area contributed by atoms with E-state index < -0.39 is 4.92 Å². The Morgan fingerprint density at radius 2 is 1.90 bits per heavy atom. The van der Waals surface area contributed by atoms with Crippen LogP contribution in [0.25, 0.3) is 0 Å². The highest BCUT2D eigenvalue weighted by Gasteiger charge is 2.05. The molecule has 0 aliphatic rings. The minimum Gasteiger partial charge on any atom is -0.872 e. The van der Waals surface area contributed by atoms with E-state index in [0.29, 0.717) is 11.4 Å². The zero-order chi connectivity index (χ0) is 14.5. The van der Waals surface area contributed by atoms with E-state index in [0.717, 1.165) is 6.07 Å². The Morgan fingerprint density at radius 1 is 1.20 bits per heavy atom. The first-order chi connectivity index (χ1) is 9.60. The lowest BCUT2D eigenvalue weighted by atomic mass is 10.2. The number of nitro groups is 1. The molecule has 0 amide bonds. The quantitative estimate of drug-likeness (QED) is 0.485. The van der Waals surface area contributed by atoms with Gasteiger partial charge in [-0.15, -0.1) is 0 Å². The first-order valence-electron chi connectivity index (χ1n) is 5.74. The Hall–Kier alpha value is -2.89. The molecule has 0 atom stereocenters. The van der Waals surface area contributed by atoms with Crippen molar-refractivity contribution in [2.24, 2.45) is 4.99 Å². The number of ether oxygens (including phenoxy) is 1. The van der Waals surface area contributed by atoms with E-state index in [1.54, 1.807) is 31.4 Å². The number of non-ortho nitro benzene ring substituents is 1. The van der Waals surface area contributed by atoms with Crippen LogP contribution < -0.4 is 9.84 Å². The van der Waals surface area contributed by atoms with Gasteiger partial charge in [0.15, 0.2) is 0 Å². The summed E-state index contributed by atoms with van der Waals surface area (Å²) in [6.45, 7) is 0. The molecule has 6 heteroatoms. The van der Waals surface area contributed by atoms with Crippen LogP contribution >= 0.6 is 0 Å². The van der Waals surface area contributed by atoms with E-state index in [1.165, 1.54) is 18.3 Å². The van der Waals surface area contributed by atoms with Crippen molar-refractivity contribution in [2.75, 3.05) is 7.11 Å². The van der Waals surface area contributed by atoms with Crippen molar-refractivity contribution in [3.05, 3.63) is 58.1 Å². The lowest BCUT2D eigenvalue weighted by Gasteiger charge is -2.08. The third-order valence-electron chi connectivity index (χ3n) is 2.63. The third kappa shape index (κ3) is 3.11. The molecule has 6 nitrogen and oxygen atoms in total. The van der Waals surface area contributed by atoms with Gasteiger partial charge >= 0.3 is 0 Å². The van der Waals surface area contributed by atoms with Gasteiger partial charge in [0.25, 0.3) is 5.69 Å². The van der Waals surface area contributed by atoms with Crippen molar-refractivity contribution >= 4 is 17.6 Å². The Bertz CT molecular complexity index is 651. The summed E-state index contributed by atoms with van der Waals surface area (Å²) < 4.78 is 5.02. The number of aliphatic imine (C=N–C) groups is 1. The van der Waals surface area contributed by atoms with Gasteiger partial charge in [-0.05, 0) is 29.8 Å². The molecule has 2 aromatic carbocycles. The fourth-order valence-corrected chi connectivity index (χ4v) is 1.56. The molecule has 0 aliphatic carbocycles. The largest absolute Gasteiger partial charge is 0.872 e. The SMILES string of the molecule is COc1ccc(N=Cc2cc([N+](=O)[O-])ccc2[O-])cc1. The van der Waals surface area contributed by atoms with Gasteiger partial charge in [0.05, 0.1) is 17.7 Å². The molecule has 0 aliphatic heterocycles. The first-order valence-corrected chi connectivity index (χ1v) is 5.74. The highest BCUT2D eigenvalue weighted by molar-refractivity contribution is 5.86. The Balaban J connectivity index is 2.25. The van der Waals surface area contributed by atoms with Crippen molar-refractivity contribution in [3.63, 3.8) is 0 Å². The molecule has 0 unspecified atom stereocenters. The second kappa shape index (κ2) is 5.83. The van der Waals surface area contributed by atoms with Gasteiger partial charge in [-0.25, -0.2) is 0 Å². The van der Waals surface area contributed by atoms with Gasteiger partial charge in [0.1, 0.15) is 5.75 Å². The molecule has 2 rings (SSSR count). The topological polar surface area (TPSA) is 87.8 Å². The van der Waals surface area contributed by atoms with Crippen LogP contribution in [0.1, 0.15) is 5.56 Å². The molecule has 0 spiro atoms. The molecule has 0 saturated heterocycles. The predicted molar refractivity (Wildman–Crippen MR) is 72.8 cm³/mol. The molecule has 0 fully saturated rings. The summed E-state index contributed by atoms with van der Waals surface area (Å²) in [6.07, 6.45) is 1.32. The molecule has 0 bridgehead atoms. The molecular weight excluding hydrogens is 260 g/mol. The van der Waals surface area contributed by atoms with E-state index in [2.05, 4.69) is 4.99 Å². The fraction of sp³-hybridized carbons (Fsp3) is 0.0714. The Morgan fingerprint density at radius 3 is 2.50 bits per heavy atom. The Labute approximate surface area is 115 Å². The van der Waals surface area contributed by atoms with Crippen LogP contribution in [-0.2, 0) is 0 Å². The highest BCUT2D eigenvalue weighted by Crippen LogP contribution is 2.21. The van der Waals surface area contributed by atoms with E-state index in [9.17, 15) is 15.2 Å². The number of nitrogens with zero attached hydrogens (tertiary/aromatic N) is 2. The van der Waals surface area contributed by atoms with Gasteiger partial charge in [0.2, 0.25) is 0 Å². The lowest BCUT2D eigenvalue weighted by Crippen LogP contribution is -1.98. The van der Waals surface area contributed by atoms with Gasteiger partial charge in [-0.3, -0.25) is 15.1 Å². The molecule has 0 saturated carbocycles. The van der Waals surface area contributed by atoms with Crippen LogP contribution in [0.4, 0.5) is 11.4 Å². The van der Waals surface area contributed by atoms with Crippen LogP contribution in [0.3, 0.4) is 0 Å². The maximum Gasteiger partial charge on any atom is 0.270 e. The zero-order valence-electron chi connectivity index (χ0n) is 10.6. The maximum absolute atomic E-state index is 11.6. The summed E-state index contributed by atoms with van der Waals surface area (Å²) >= 11 is 0. The minimum absolute atomic E-state index is 0.138. The third-order valence-corrected chi connectivity index (χ3v) is 2.63. The summed E-state index contributed by atoms with van der Waals surface area (Å²) in [7, 11) is 1.56. The van der Waals surface area contributed by atoms with Crippen molar-refractivity contribution in [3.8, 4) is 11.5 Å². The number of rotatable bonds is 4. The zero-order valence-corrected chi connectivity index (χ0v) is 10.6. The fourth-order valence-electron chi connectivity index (χ4n) is 1.56. The summed E-state index contributed by atoms with van der Waals surface area (Å²) in [6, 6.07) is 10.4. The summed E-state index contributed by atoms with van der Waals surface area (Å²) in [5, 5.41) is 22.2. The summed E-state index contributed by atoms with van der Waals surface area (Å²) in [4.78, 5) is 14.2. The number of nitro benzene ring substituents is 1. The maximum atomic E-state index is 11.6. The summed E-state index contributed by atoms with van der Waals surface area (Å²) in [5.41, 5.74) is 0.660. The number of methoxy groups -OCH3 is 1. The molecule has 0 radical (unpaired) electrons. The van der Waals surface area contributed by atoms with E-state index >= 15 is 0 Å². The molecule has 2 aromatic rings. The van der Waals surface area contributed by atoms with E-state index in [4.69, 9.17) is 4.74 Å². The average Bonchev–Trinajstić information content (AvgIpc) is 2.46. The predicted octanol–water partition coefficient (Wildman–Crippen LogP) is 2.43. The van der Waals surface area contributed by atoms with Crippen molar-refractivity contribution in [1.29, 1.82) is 0 Å². The smallest absolute Gasteiger partial charge is 0.270 e. The molecule has 0 aromatic heterocycles. The van der Waals surface area contributed by atoms with Gasteiger partial charge in [0, 0.05) is 18.3 Å². The van der Waals surface area contributed by atoms with Crippen LogP contribution in [0, 0.1) is 10.1 Å². The van der Waals surface area contributed by atoms with Crippen molar-refractivity contribution < 1.29 is 14.8 Å². The second-order valence-electron chi connectivity index (χ2n) is 3.94. The first kappa shape index (κ1) is 13.5. The standard InChI is InChI=1S/C14H12N2O4/c1-20-13-5-2-11(3-6-13)15-9-10-8-12(16(18)19)4-7-14(10)17/h2-9,17H,1H3/p-1. The van der Waals surface area contributed by atoms with Crippen LogP contribution in [0.15, 0.2) is 47.5 Å². The van der Waals surface area contributed by atoms with Gasteiger partial charge in [-0.1, -0.05) is 11.8 Å². The number of hydrogen-bond donors (Lipinski definition) is 0. The monoisotopic (exact) mass is 271 g/mol. The Kier molecular flexibility index (Phi) is 3.95. The van der Waals surface area contributed by atoms with Gasteiger partial charge < -0.3 is 9.84 Å². The normalized spacial score (nSPS) is 10.7. The number of hydrogen-bond acceptors (Lipinski definition) is 5. The van der Waals surface area contributed by atoms with E-state index in [1.807, 2.05) is 0 Å². The molecular formula is C14H11N2O4-. The molecule has 102 valence electrons. The van der Waals surface area contributed by atoms with Crippen LogP contribution in [-0.4, -0.2) is 18.2 Å². The van der Waals surface area contributed by atoms with Crippen molar-refractivity contribution in [1.82, 2.24) is 0 Å². The molecule has 0 N–H and O–H groups in total. The average molecular weight is 271 g/mol. The lowest BCUT2D eigenvalue weighted by molar-refractivity contribution is -0.385. The van der Waals surface area contributed by atoms with Crippen LogP contribution in [0.5, 0.6) is 11.5 Å². The molecule has 0 heterocycles. The highest BCUT2D eigenvalue weighted by atomic mass is 16.6. The second-order valence-corrected chi connectivity index (χ2v) is 3.94. The van der Waals surface area contributed by atoms with Crippen molar-refractivity contribution in [2.45, 2.75) is 0 Å². The van der Waals surface area contributed by atoms with E-state index in [-0.39, 0.29) is 17.0 Å². The minimum atomic E-state index is -0.551. The summed E-state index contributed by atoms with van der Waals surface area (Å²) in [5.74, 6) is 0.386.